The highest BCUT2D eigenvalue weighted by Crippen LogP contribution is 2.39. The van der Waals surface area contributed by atoms with Crippen LogP contribution in [-0.4, -0.2) is 24.5 Å². The van der Waals surface area contributed by atoms with Crippen LogP contribution in [0.25, 0.3) is 0 Å². The summed E-state index contributed by atoms with van der Waals surface area (Å²) in [5, 5.41) is 0.831. The van der Waals surface area contributed by atoms with E-state index in [2.05, 4.69) is 30.0 Å². The fourth-order valence-electron chi connectivity index (χ4n) is 2.97. The summed E-state index contributed by atoms with van der Waals surface area (Å²) < 4.78 is 0. The lowest BCUT2D eigenvalue weighted by Gasteiger charge is -2.22. The molecule has 2 aliphatic rings. The third-order valence-corrected chi connectivity index (χ3v) is 4.20. The molecule has 3 atom stereocenters. The minimum absolute atomic E-state index is 0.663. The van der Waals surface area contributed by atoms with Gasteiger partial charge in [0.25, 0.3) is 0 Å². The Morgan fingerprint density at radius 3 is 2.56 bits per heavy atom. The smallest absolute Gasteiger partial charge is 0.0406 e. The molecule has 0 saturated carbocycles. The SMILES string of the molecule is CC1=CCN2CC1C(c1ccc(Cl)cc1)C2. The molecule has 1 aromatic rings. The van der Waals surface area contributed by atoms with Crippen LogP contribution in [0.5, 0.6) is 0 Å². The molecule has 0 spiro atoms. The predicted molar refractivity (Wildman–Crippen MR) is 67.9 cm³/mol. The molecule has 0 aromatic heterocycles. The molecule has 3 unspecified atom stereocenters. The Morgan fingerprint density at radius 2 is 1.81 bits per heavy atom. The van der Waals surface area contributed by atoms with Crippen molar-refractivity contribution >= 4 is 11.6 Å². The zero-order valence-corrected chi connectivity index (χ0v) is 10.2. The quantitative estimate of drug-likeness (QED) is 0.673. The molecule has 0 N–H and O–H groups in total. The summed E-state index contributed by atoms with van der Waals surface area (Å²) in [4.78, 5) is 2.54. The lowest BCUT2D eigenvalue weighted by atomic mass is 9.84. The Balaban J connectivity index is 1.91. The van der Waals surface area contributed by atoms with Crippen LogP contribution in [0, 0.1) is 5.92 Å². The first-order valence-corrected chi connectivity index (χ1v) is 6.26. The van der Waals surface area contributed by atoms with E-state index in [1.807, 2.05) is 12.1 Å². The van der Waals surface area contributed by atoms with E-state index >= 15 is 0 Å². The van der Waals surface area contributed by atoms with Crippen LogP contribution in [-0.2, 0) is 0 Å². The average Bonchev–Trinajstić information content (AvgIpc) is 2.65. The van der Waals surface area contributed by atoms with Crippen molar-refractivity contribution in [3.05, 3.63) is 46.5 Å². The molecule has 1 fully saturated rings. The summed E-state index contributed by atoms with van der Waals surface area (Å²) in [5.74, 6) is 1.38. The summed E-state index contributed by atoms with van der Waals surface area (Å²) in [6.45, 7) is 5.83. The molecule has 84 valence electrons. The van der Waals surface area contributed by atoms with Gasteiger partial charge in [0.2, 0.25) is 0 Å². The molecular formula is C14H16ClN. The number of fused-ring (bicyclic) bond motifs is 2. The highest BCUT2D eigenvalue weighted by molar-refractivity contribution is 6.30. The summed E-state index contributed by atoms with van der Waals surface area (Å²) >= 11 is 5.94. The monoisotopic (exact) mass is 233 g/mol. The van der Waals surface area contributed by atoms with E-state index in [-0.39, 0.29) is 0 Å². The van der Waals surface area contributed by atoms with Crippen LogP contribution in [0.3, 0.4) is 0 Å². The molecule has 2 aliphatic heterocycles. The minimum Gasteiger partial charge on any atom is -0.298 e. The van der Waals surface area contributed by atoms with Gasteiger partial charge in [0.1, 0.15) is 0 Å². The maximum Gasteiger partial charge on any atom is 0.0406 e. The van der Waals surface area contributed by atoms with Crippen molar-refractivity contribution in [2.45, 2.75) is 12.8 Å². The molecule has 0 amide bonds. The van der Waals surface area contributed by atoms with Crippen LogP contribution in [0.4, 0.5) is 0 Å². The number of halogens is 1. The number of benzene rings is 1. The van der Waals surface area contributed by atoms with Crippen molar-refractivity contribution in [3.8, 4) is 0 Å². The largest absolute Gasteiger partial charge is 0.298 e. The van der Waals surface area contributed by atoms with Crippen LogP contribution < -0.4 is 0 Å². The Morgan fingerprint density at radius 1 is 1.12 bits per heavy atom. The molecule has 1 aromatic carbocycles. The Hall–Kier alpha value is -0.790. The highest BCUT2D eigenvalue weighted by Gasteiger charge is 2.36. The van der Waals surface area contributed by atoms with Gasteiger partial charge < -0.3 is 0 Å². The lowest BCUT2D eigenvalue weighted by Crippen LogP contribution is -2.24. The molecule has 2 heteroatoms. The van der Waals surface area contributed by atoms with Crippen molar-refractivity contribution in [2.24, 2.45) is 5.92 Å². The van der Waals surface area contributed by atoms with Gasteiger partial charge in [-0.3, -0.25) is 4.90 Å². The van der Waals surface area contributed by atoms with Gasteiger partial charge in [-0.05, 0) is 24.6 Å². The Bertz CT molecular complexity index is 421. The van der Waals surface area contributed by atoms with E-state index in [0.29, 0.717) is 5.92 Å². The first kappa shape index (κ1) is 10.4. The second kappa shape index (κ2) is 3.90. The van der Waals surface area contributed by atoms with E-state index in [4.69, 9.17) is 11.6 Å². The summed E-state index contributed by atoms with van der Waals surface area (Å²) in [6, 6.07) is 8.38. The third kappa shape index (κ3) is 1.68. The first-order chi connectivity index (χ1) is 7.74. The third-order valence-electron chi connectivity index (χ3n) is 3.95. The zero-order valence-electron chi connectivity index (χ0n) is 9.49. The van der Waals surface area contributed by atoms with Crippen molar-refractivity contribution in [2.75, 3.05) is 19.6 Å². The zero-order chi connectivity index (χ0) is 11.1. The molecular weight excluding hydrogens is 218 g/mol. The van der Waals surface area contributed by atoms with Crippen LogP contribution in [0.15, 0.2) is 35.9 Å². The van der Waals surface area contributed by atoms with Crippen LogP contribution in [0.2, 0.25) is 5.02 Å². The maximum absolute atomic E-state index is 5.94. The van der Waals surface area contributed by atoms with E-state index in [1.54, 1.807) is 5.57 Å². The van der Waals surface area contributed by atoms with Gasteiger partial charge in [-0.25, -0.2) is 0 Å². The summed E-state index contributed by atoms with van der Waals surface area (Å²) in [5.41, 5.74) is 3.00. The molecule has 1 saturated heterocycles. The van der Waals surface area contributed by atoms with Gasteiger partial charge in [-0.15, -0.1) is 0 Å². The highest BCUT2D eigenvalue weighted by atomic mass is 35.5. The molecule has 16 heavy (non-hydrogen) atoms. The fourth-order valence-corrected chi connectivity index (χ4v) is 3.09. The number of hydrogen-bond acceptors (Lipinski definition) is 1. The molecule has 1 nitrogen and oxygen atoms in total. The molecule has 3 rings (SSSR count). The molecule has 2 bridgehead atoms. The van der Waals surface area contributed by atoms with Crippen LogP contribution in [0.1, 0.15) is 18.4 Å². The second-order valence-electron chi connectivity index (χ2n) is 4.93. The average molecular weight is 234 g/mol. The fraction of sp³-hybridized carbons (Fsp3) is 0.429. The lowest BCUT2D eigenvalue weighted by molar-refractivity contribution is 0.352. The second-order valence-corrected chi connectivity index (χ2v) is 5.37. The van der Waals surface area contributed by atoms with Crippen molar-refractivity contribution in [3.63, 3.8) is 0 Å². The van der Waals surface area contributed by atoms with Gasteiger partial charge in [-0.2, -0.15) is 0 Å². The molecule has 0 radical (unpaired) electrons. The normalized spacial score (nSPS) is 32.6. The number of rotatable bonds is 1. The van der Waals surface area contributed by atoms with Crippen molar-refractivity contribution in [1.82, 2.24) is 4.90 Å². The standard InChI is InChI=1S/C14H16ClN/c1-10-6-7-16-8-13(10)14(9-16)11-2-4-12(15)5-3-11/h2-6,13-14H,7-9H2,1H3. The van der Waals surface area contributed by atoms with Crippen LogP contribution >= 0.6 is 11.6 Å². The van der Waals surface area contributed by atoms with Gasteiger partial charge in [-0.1, -0.05) is 35.4 Å². The first-order valence-electron chi connectivity index (χ1n) is 5.88. The molecule has 0 aliphatic carbocycles. The predicted octanol–water partition coefficient (Wildman–Crippen LogP) is 3.32. The van der Waals surface area contributed by atoms with Gasteiger partial charge in [0.15, 0.2) is 0 Å². The van der Waals surface area contributed by atoms with E-state index in [0.717, 1.165) is 17.5 Å². The maximum atomic E-state index is 5.94. The Kier molecular flexibility index (Phi) is 2.53. The topological polar surface area (TPSA) is 3.24 Å². The summed E-state index contributed by atoms with van der Waals surface area (Å²) in [7, 11) is 0. The minimum atomic E-state index is 0.663. The van der Waals surface area contributed by atoms with Gasteiger partial charge in [0.05, 0.1) is 0 Å². The summed E-state index contributed by atoms with van der Waals surface area (Å²) in [6.07, 6.45) is 2.38. The van der Waals surface area contributed by atoms with E-state index in [1.165, 1.54) is 18.7 Å². The van der Waals surface area contributed by atoms with Gasteiger partial charge in [0, 0.05) is 36.5 Å². The van der Waals surface area contributed by atoms with Gasteiger partial charge >= 0.3 is 0 Å². The van der Waals surface area contributed by atoms with E-state index < -0.39 is 0 Å². The van der Waals surface area contributed by atoms with Crippen molar-refractivity contribution in [1.29, 1.82) is 0 Å². The van der Waals surface area contributed by atoms with Crippen molar-refractivity contribution < 1.29 is 0 Å². The number of nitrogens with zero attached hydrogens (tertiary/aromatic N) is 1. The van der Waals surface area contributed by atoms with E-state index in [9.17, 15) is 0 Å². The number of hydrogen-bond donors (Lipinski definition) is 0. The molecule has 2 heterocycles. The Labute approximate surface area is 102 Å².